The second-order valence-corrected chi connectivity index (χ2v) is 5.27. The third-order valence-corrected chi connectivity index (χ3v) is 3.65. The second kappa shape index (κ2) is 6.34. The third-order valence-electron chi connectivity index (χ3n) is 3.65. The minimum absolute atomic E-state index is 0.688. The number of aromatic nitrogens is 3. The van der Waals surface area contributed by atoms with E-state index in [1.165, 1.54) is 0 Å². The van der Waals surface area contributed by atoms with Gasteiger partial charge in [0.25, 0.3) is 0 Å². The fraction of sp³-hybridized carbons (Fsp3) is 0. The molecule has 5 heteroatoms. The molecule has 116 valence electrons. The van der Waals surface area contributed by atoms with E-state index in [4.69, 9.17) is 0 Å². The summed E-state index contributed by atoms with van der Waals surface area (Å²) in [6.07, 6.45) is 0. The van der Waals surface area contributed by atoms with Crippen LogP contribution >= 0.6 is 0 Å². The van der Waals surface area contributed by atoms with Crippen molar-refractivity contribution in [2.45, 2.75) is 0 Å². The van der Waals surface area contributed by atoms with Crippen molar-refractivity contribution in [1.82, 2.24) is 15.0 Å². The van der Waals surface area contributed by atoms with Gasteiger partial charge in [0.05, 0.1) is 11.2 Å². The molecule has 0 spiro atoms. The van der Waals surface area contributed by atoms with E-state index in [0.29, 0.717) is 5.84 Å². The highest BCUT2D eigenvalue weighted by Gasteiger charge is 2.12. The Morgan fingerprint density at radius 1 is 0.792 bits per heavy atom. The average molecular weight is 313 g/mol. The zero-order chi connectivity index (χ0) is 16.2. The number of anilines is 1. The molecule has 0 amide bonds. The van der Waals surface area contributed by atoms with Crippen LogP contribution in [0.15, 0.2) is 90.0 Å². The van der Waals surface area contributed by atoms with Gasteiger partial charge in [-0.2, -0.15) is 9.78 Å². The summed E-state index contributed by atoms with van der Waals surface area (Å²) in [5.41, 5.74) is 6.71. The minimum atomic E-state index is 0.688. The van der Waals surface area contributed by atoms with Crippen molar-refractivity contribution < 1.29 is 0 Å². The van der Waals surface area contributed by atoms with Crippen molar-refractivity contribution in [3.63, 3.8) is 0 Å². The number of hydrogen-bond donors (Lipinski definition) is 1. The van der Waals surface area contributed by atoms with E-state index >= 15 is 0 Å². The van der Waals surface area contributed by atoms with Crippen LogP contribution in [0, 0.1) is 0 Å². The van der Waals surface area contributed by atoms with Gasteiger partial charge in [-0.05, 0) is 24.3 Å². The van der Waals surface area contributed by atoms with E-state index in [-0.39, 0.29) is 0 Å². The van der Waals surface area contributed by atoms with Gasteiger partial charge < -0.3 is 0 Å². The Morgan fingerprint density at radius 2 is 1.46 bits per heavy atom. The van der Waals surface area contributed by atoms with Gasteiger partial charge in [-0.3, -0.25) is 5.43 Å². The highest BCUT2D eigenvalue weighted by atomic mass is 15.5. The maximum Gasteiger partial charge on any atom is 0.182 e. The second-order valence-electron chi connectivity index (χ2n) is 5.27. The van der Waals surface area contributed by atoms with Gasteiger partial charge in [0.1, 0.15) is 5.52 Å². The lowest BCUT2D eigenvalue weighted by atomic mass is 10.2. The van der Waals surface area contributed by atoms with Crippen molar-refractivity contribution >= 4 is 22.6 Å². The van der Waals surface area contributed by atoms with Crippen LogP contribution in [-0.4, -0.2) is 20.8 Å². The number of rotatable bonds is 3. The average Bonchev–Trinajstić information content (AvgIpc) is 3.08. The van der Waals surface area contributed by atoms with Crippen molar-refractivity contribution in [2.24, 2.45) is 5.10 Å². The predicted octanol–water partition coefficient (Wildman–Crippen LogP) is 3.75. The van der Waals surface area contributed by atoms with E-state index in [1.807, 2.05) is 84.9 Å². The number of fused-ring (bicyclic) bond motifs is 1. The molecule has 5 nitrogen and oxygen atoms in total. The van der Waals surface area contributed by atoms with Crippen LogP contribution in [0.25, 0.3) is 11.0 Å². The maximum absolute atomic E-state index is 4.58. The Morgan fingerprint density at radius 3 is 2.25 bits per heavy atom. The van der Waals surface area contributed by atoms with Gasteiger partial charge in [-0.1, -0.05) is 65.9 Å². The summed E-state index contributed by atoms with van der Waals surface area (Å²) in [5, 5.41) is 13.1. The number of nitrogens with one attached hydrogen (secondary N) is 1. The molecule has 0 radical (unpaired) electrons. The molecule has 0 aliphatic heterocycles. The topological polar surface area (TPSA) is 55.1 Å². The van der Waals surface area contributed by atoms with E-state index in [0.717, 1.165) is 22.3 Å². The fourth-order valence-corrected chi connectivity index (χ4v) is 2.48. The molecule has 0 saturated carbocycles. The van der Waals surface area contributed by atoms with Gasteiger partial charge >= 0.3 is 0 Å². The fourth-order valence-electron chi connectivity index (χ4n) is 2.48. The van der Waals surface area contributed by atoms with Crippen LogP contribution in [0.2, 0.25) is 0 Å². The summed E-state index contributed by atoms with van der Waals surface area (Å²) in [5.74, 6) is 0.688. The lowest BCUT2D eigenvalue weighted by Crippen LogP contribution is -2.17. The van der Waals surface area contributed by atoms with E-state index in [9.17, 15) is 0 Å². The molecule has 1 aromatic heterocycles. The van der Waals surface area contributed by atoms with Gasteiger partial charge in [0.2, 0.25) is 0 Å². The van der Waals surface area contributed by atoms with Gasteiger partial charge in [-0.15, -0.1) is 5.10 Å². The SMILES string of the molecule is c1ccc(N/N=C(\c2ccccc2)n2nnc3ccccc32)cc1. The van der Waals surface area contributed by atoms with Crippen molar-refractivity contribution in [2.75, 3.05) is 5.43 Å². The molecule has 4 aromatic rings. The van der Waals surface area contributed by atoms with E-state index < -0.39 is 0 Å². The Hall–Kier alpha value is -3.47. The Bertz CT molecular complexity index is 974. The summed E-state index contributed by atoms with van der Waals surface area (Å²) in [4.78, 5) is 0. The zero-order valence-corrected chi connectivity index (χ0v) is 12.9. The summed E-state index contributed by atoms with van der Waals surface area (Å²) < 4.78 is 1.75. The van der Waals surface area contributed by atoms with Crippen molar-refractivity contribution in [3.8, 4) is 0 Å². The van der Waals surface area contributed by atoms with Gasteiger partial charge in [0, 0.05) is 5.56 Å². The third kappa shape index (κ3) is 2.75. The zero-order valence-electron chi connectivity index (χ0n) is 12.9. The molecule has 0 fully saturated rings. The van der Waals surface area contributed by atoms with E-state index in [1.54, 1.807) is 4.68 Å². The first-order valence-corrected chi connectivity index (χ1v) is 7.67. The lowest BCUT2D eigenvalue weighted by molar-refractivity contribution is 0.859. The Balaban J connectivity index is 1.82. The number of hydrogen-bond acceptors (Lipinski definition) is 4. The molecule has 24 heavy (non-hydrogen) atoms. The van der Waals surface area contributed by atoms with Crippen LogP contribution in [0.3, 0.4) is 0 Å². The molecule has 1 heterocycles. The summed E-state index contributed by atoms with van der Waals surface area (Å²) in [7, 11) is 0. The molecular formula is C19H15N5. The highest BCUT2D eigenvalue weighted by molar-refractivity contribution is 6.04. The van der Waals surface area contributed by atoms with Crippen LogP contribution in [-0.2, 0) is 0 Å². The predicted molar refractivity (Wildman–Crippen MR) is 96.0 cm³/mol. The van der Waals surface area contributed by atoms with E-state index in [2.05, 4.69) is 20.8 Å². The molecule has 0 bridgehead atoms. The summed E-state index contributed by atoms with van der Waals surface area (Å²) >= 11 is 0. The van der Waals surface area contributed by atoms with Gasteiger partial charge in [-0.25, -0.2) is 0 Å². The lowest BCUT2D eigenvalue weighted by Gasteiger charge is -2.08. The molecule has 3 aromatic carbocycles. The first-order chi connectivity index (χ1) is 11.9. The number of para-hydroxylation sites is 2. The number of nitrogens with zero attached hydrogens (tertiary/aromatic N) is 4. The Labute approximate surface area is 139 Å². The molecule has 0 aliphatic carbocycles. The first kappa shape index (κ1) is 14.1. The standard InChI is InChI=1S/C19H15N5/c1-3-9-15(10-4-1)19(22-20-16-11-5-2-6-12-16)24-18-14-8-7-13-17(18)21-23-24/h1-14,20H/b22-19+. The molecule has 0 unspecified atom stereocenters. The van der Waals surface area contributed by atoms with Crippen molar-refractivity contribution in [1.29, 1.82) is 0 Å². The summed E-state index contributed by atoms with van der Waals surface area (Å²) in [6.45, 7) is 0. The molecular weight excluding hydrogens is 298 g/mol. The molecule has 0 saturated heterocycles. The van der Waals surface area contributed by atoms with Gasteiger partial charge in [0.15, 0.2) is 5.84 Å². The van der Waals surface area contributed by atoms with Crippen LogP contribution in [0.1, 0.15) is 5.56 Å². The Kier molecular flexibility index (Phi) is 3.73. The monoisotopic (exact) mass is 313 g/mol. The quantitative estimate of drug-likeness (QED) is 0.356. The normalized spacial score (nSPS) is 11.6. The van der Waals surface area contributed by atoms with Crippen LogP contribution in [0.5, 0.6) is 0 Å². The largest absolute Gasteiger partial charge is 0.276 e. The van der Waals surface area contributed by atoms with Crippen LogP contribution < -0.4 is 5.43 Å². The molecule has 0 atom stereocenters. The molecule has 4 rings (SSSR count). The summed E-state index contributed by atoms with van der Waals surface area (Å²) in [6, 6.07) is 27.6. The number of benzene rings is 3. The number of hydrazone groups is 1. The van der Waals surface area contributed by atoms with Crippen molar-refractivity contribution in [3.05, 3.63) is 90.5 Å². The molecule has 0 aliphatic rings. The maximum atomic E-state index is 4.58. The molecule has 1 N–H and O–H groups in total. The van der Waals surface area contributed by atoms with Crippen LogP contribution in [0.4, 0.5) is 5.69 Å². The first-order valence-electron chi connectivity index (χ1n) is 7.67. The minimum Gasteiger partial charge on any atom is -0.276 e. The smallest absolute Gasteiger partial charge is 0.182 e. The highest BCUT2D eigenvalue weighted by Crippen LogP contribution is 2.14.